The van der Waals surface area contributed by atoms with Crippen molar-refractivity contribution in [2.45, 2.75) is 6.04 Å². The number of hydrogen-bond acceptors (Lipinski definition) is 6. The van der Waals surface area contributed by atoms with Crippen LogP contribution in [0, 0.1) is 0 Å². The van der Waals surface area contributed by atoms with E-state index >= 15 is 0 Å². The van der Waals surface area contributed by atoms with E-state index in [0.717, 1.165) is 0 Å². The second-order valence-corrected chi connectivity index (χ2v) is 2.42. The molecular weight excluding hydrogens is 209 g/mol. The monoisotopic (exact) mass is 219 g/mol. The molecule has 12 heavy (non-hydrogen) atoms. The molecule has 0 amide bonds. The van der Waals surface area contributed by atoms with Gasteiger partial charge in [-0.15, -0.1) is 0 Å². The van der Waals surface area contributed by atoms with Gasteiger partial charge in [0.1, 0.15) is 6.04 Å². The molecule has 0 aliphatic rings. The van der Waals surface area contributed by atoms with Gasteiger partial charge in [-0.05, 0) is 0 Å². The fourth-order valence-corrected chi connectivity index (χ4v) is 0.508. The molecule has 4 nitrogen and oxygen atoms in total. The molecule has 0 aromatic rings. The first-order valence-electron chi connectivity index (χ1n) is 2.83. The number of thiol groups is 2. The quantitative estimate of drug-likeness (QED) is 0.198. The normalized spacial score (nSPS) is 11.2. The van der Waals surface area contributed by atoms with Crippen molar-refractivity contribution in [3.8, 4) is 0 Å². The fraction of sp³-hybridized carbons (Fsp3) is 0.600. The van der Waals surface area contributed by atoms with E-state index in [9.17, 15) is 9.59 Å². The zero-order valence-electron chi connectivity index (χ0n) is 7.69. The average molecular weight is 219 g/mol. The van der Waals surface area contributed by atoms with E-state index in [-0.39, 0.29) is 42.5 Å². The maximum atomic E-state index is 10.7. The first-order chi connectivity index (χ1) is 5.11. The number of nitrogens with two attached hydrogens (primary N) is 1. The summed E-state index contributed by atoms with van der Waals surface area (Å²) in [4.78, 5) is 21.1. The molecule has 0 aliphatic carbocycles. The predicted octanol–water partition coefficient (Wildman–Crippen LogP) is -3.64. The number of carbonyl (C=O) groups is 2. The van der Waals surface area contributed by atoms with E-state index < -0.39 is 18.0 Å². The summed E-state index contributed by atoms with van der Waals surface area (Å²) in [7, 11) is 0. The third-order valence-corrected chi connectivity index (χ3v) is 1.49. The van der Waals surface area contributed by atoms with Gasteiger partial charge < -0.3 is 11.9 Å². The summed E-state index contributed by atoms with van der Waals surface area (Å²) in [6.07, 6.45) is 0. The minimum Gasteiger partial charge on any atom is -1.00 e. The summed E-state index contributed by atoms with van der Waals surface area (Å²) in [5.74, 6) is -1.45. The minimum absolute atomic E-state index is 0. The molecule has 7 heteroatoms. The van der Waals surface area contributed by atoms with Crippen molar-refractivity contribution in [1.29, 1.82) is 0 Å². The number of hydrogen-bond donors (Lipinski definition) is 3. The van der Waals surface area contributed by atoms with Crippen LogP contribution in [0.4, 0.5) is 0 Å². The molecule has 0 aliphatic heterocycles. The summed E-state index contributed by atoms with van der Waals surface area (Å²) >= 11 is 7.35. The summed E-state index contributed by atoms with van der Waals surface area (Å²) in [5.41, 5.74) is 5.19. The van der Waals surface area contributed by atoms with Crippen molar-refractivity contribution in [3.63, 3.8) is 0 Å². The van der Waals surface area contributed by atoms with E-state index in [0.29, 0.717) is 0 Å². The molecule has 0 saturated carbocycles. The fourth-order valence-electron chi connectivity index (χ4n) is 0.295. The van der Waals surface area contributed by atoms with Gasteiger partial charge in [0.25, 0.3) is 0 Å². The largest absolute Gasteiger partial charge is 1.00 e. The first-order valence-corrected chi connectivity index (χ1v) is 4.10. The van der Waals surface area contributed by atoms with Crippen LogP contribution in [0.25, 0.3) is 0 Å². The molecule has 66 valence electrons. The van der Waals surface area contributed by atoms with Gasteiger partial charge in [0.05, 0.1) is 5.75 Å². The van der Waals surface area contributed by atoms with Crippen LogP contribution in [0.1, 0.15) is 1.43 Å². The Bertz CT molecular complexity index is 172. The number of ether oxygens (including phenoxy) is 1. The van der Waals surface area contributed by atoms with Gasteiger partial charge >= 0.3 is 41.5 Å². The maximum Gasteiger partial charge on any atom is 1.00 e. The predicted molar refractivity (Wildman–Crippen MR) is 47.9 cm³/mol. The number of esters is 2. The van der Waals surface area contributed by atoms with Gasteiger partial charge in [0, 0.05) is 5.75 Å². The Labute approximate surface area is 105 Å². The van der Waals surface area contributed by atoms with Crippen LogP contribution in [-0.4, -0.2) is 29.5 Å². The van der Waals surface area contributed by atoms with Gasteiger partial charge in [-0.1, -0.05) is 0 Å². The summed E-state index contributed by atoms with van der Waals surface area (Å²) in [6.45, 7) is 0. The molecule has 1 atom stereocenters. The van der Waals surface area contributed by atoms with Crippen LogP contribution in [0.3, 0.4) is 0 Å². The van der Waals surface area contributed by atoms with Crippen molar-refractivity contribution < 1.29 is 45.3 Å². The Morgan fingerprint density at radius 2 is 2.00 bits per heavy atom. The summed E-state index contributed by atoms with van der Waals surface area (Å²) < 4.78 is 4.22. The van der Waals surface area contributed by atoms with Gasteiger partial charge in [-0.3, -0.25) is 4.79 Å². The van der Waals surface area contributed by atoms with Crippen molar-refractivity contribution in [1.82, 2.24) is 0 Å². The average Bonchev–Trinajstić information content (AvgIpc) is 2.02. The SMILES string of the molecule is N[C@@H](CS)C(=O)OC(=O)CS.[H-].[Na+]. The molecule has 0 spiro atoms. The van der Waals surface area contributed by atoms with Crippen molar-refractivity contribution in [2.75, 3.05) is 11.5 Å². The van der Waals surface area contributed by atoms with E-state index in [1.165, 1.54) is 0 Å². The van der Waals surface area contributed by atoms with Crippen molar-refractivity contribution in [3.05, 3.63) is 0 Å². The first kappa shape index (κ1) is 15.3. The minimum atomic E-state index is -0.845. The zero-order chi connectivity index (χ0) is 8.85. The molecule has 2 N–H and O–H groups in total. The van der Waals surface area contributed by atoms with Crippen LogP contribution in [-0.2, 0) is 14.3 Å². The van der Waals surface area contributed by atoms with Crippen LogP contribution in [0.2, 0.25) is 0 Å². The molecule has 0 aromatic carbocycles. The van der Waals surface area contributed by atoms with Gasteiger partial charge in [0.2, 0.25) is 0 Å². The Morgan fingerprint density at radius 1 is 1.50 bits per heavy atom. The molecule has 0 rings (SSSR count). The van der Waals surface area contributed by atoms with E-state index in [2.05, 4.69) is 30.0 Å². The van der Waals surface area contributed by atoms with Gasteiger partial charge in [-0.25, -0.2) is 4.79 Å². The van der Waals surface area contributed by atoms with Crippen molar-refractivity contribution in [2.24, 2.45) is 5.73 Å². The van der Waals surface area contributed by atoms with E-state index in [1.54, 1.807) is 0 Å². The third kappa shape index (κ3) is 6.33. The molecular formula is C5H10NNaO3S2. The molecule has 0 unspecified atom stereocenters. The molecule has 0 bridgehead atoms. The summed E-state index contributed by atoms with van der Waals surface area (Å²) in [6, 6.07) is -0.845. The second-order valence-electron chi connectivity index (χ2n) is 1.74. The molecule has 0 heterocycles. The standard InChI is InChI=1S/C5H9NO3S2.Na.H/c6-3(1-10)5(8)9-4(7)2-11;;/h3,10-11H,1-2,6H2;;/q;+1;-1/t3-;;/m0../s1. The Balaban J connectivity index is -0.000000500. The molecule has 0 fully saturated rings. The van der Waals surface area contributed by atoms with Gasteiger partial charge in [-0.2, -0.15) is 25.3 Å². The summed E-state index contributed by atoms with van der Waals surface area (Å²) in [5, 5.41) is 0. The molecule has 0 aromatic heterocycles. The Hall–Kier alpha value is 0.800. The number of rotatable bonds is 3. The van der Waals surface area contributed by atoms with E-state index in [1.807, 2.05) is 0 Å². The van der Waals surface area contributed by atoms with Gasteiger partial charge in [0.15, 0.2) is 0 Å². The molecule has 0 saturated heterocycles. The smallest absolute Gasteiger partial charge is 1.00 e. The maximum absolute atomic E-state index is 10.7. The van der Waals surface area contributed by atoms with Crippen LogP contribution >= 0.6 is 25.3 Å². The van der Waals surface area contributed by atoms with Crippen molar-refractivity contribution >= 4 is 37.2 Å². The van der Waals surface area contributed by atoms with Crippen LogP contribution in [0.15, 0.2) is 0 Å². The van der Waals surface area contributed by atoms with E-state index in [4.69, 9.17) is 5.73 Å². The Morgan fingerprint density at radius 3 is 2.33 bits per heavy atom. The zero-order valence-corrected chi connectivity index (χ0v) is 10.5. The number of carbonyl (C=O) groups excluding carboxylic acids is 2. The Kier molecular flexibility index (Phi) is 10.7. The van der Waals surface area contributed by atoms with Crippen LogP contribution in [0.5, 0.6) is 0 Å². The second kappa shape index (κ2) is 8.40. The third-order valence-electron chi connectivity index (χ3n) is 0.843. The molecule has 0 radical (unpaired) electrons. The van der Waals surface area contributed by atoms with Crippen LogP contribution < -0.4 is 35.3 Å². The topological polar surface area (TPSA) is 69.4 Å².